The van der Waals surface area contributed by atoms with E-state index in [1.54, 1.807) is 12.1 Å². The first-order chi connectivity index (χ1) is 13.4. The van der Waals surface area contributed by atoms with Crippen molar-refractivity contribution in [3.8, 4) is 5.75 Å². The molecule has 3 rings (SSSR count). The molecule has 2 aliphatic rings. The largest absolute Gasteiger partial charge is 0.435 e. The number of halogens is 2. The van der Waals surface area contributed by atoms with Crippen molar-refractivity contribution in [2.24, 2.45) is 5.41 Å². The van der Waals surface area contributed by atoms with Gasteiger partial charge in [-0.05, 0) is 37.0 Å². The van der Waals surface area contributed by atoms with Crippen molar-refractivity contribution in [3.63, 3.8) is 0 Å². The van der Waals surface area contributed by atoms with E-state index in [9.17, 15) is 23.2 Å². The normalized spacial score (nSPS) is 18.8. The molecule has 2 fully saturated rings. The van der Waals surface area contributed by atoms with Crippen LogP contribution in [0.25, 0.3) is 0 Å². The lowest BCUT2D eigenvalue weighted by atomic mass is 9.73. The van der Waals surface area contributed by atoms with Gasteiger partial charge in [-0.3, -0.25) is 19.3 Å². The Morgan fingerprint density at radius 3 is 2.46 bits per heavy atom. The molecule has 0 atom stereocenters. The number of likely N-dealkylation sites (tertiary alicyclic amines) is 1. The minimum Gasteiger partial charge on any atom is -0.435 e. The van der Waals surface area contributed by atoms with Crippen LogP contribution in [0.4, 0.5) is 8.78 Å². The van der Waals surface area contributed by atoms with Gasteiger partial charge in [0, 0.05) is 13.0 Å². The molecule has 1 saturated carbocycles. The molecule has 1 aliphatic carbocycles. The Bertz CT molecular complexity index is 730. The molecule has 0 unspecified atom stereocenters. The topological polar surface area (TPSA) is 75.7 Å². The minimum atomic E-state index is -2.87. The van der Waals surface area contributed by atoms with Gasteiger partial charge in [-0.1, -0.05) is 31.4 Å². The first-order valence-corrected chi connectivity index (χ1v) is 9.55. The summed E-state index contributed by atoms with van der Waals surface area (Å²) in [5.74, 6) is -0.781. The predicted octanol–water partition coefficient (Wildman–Crippen LogP) is 2.66. The molecule has 0 bridgehead atoms. The number of carbonyl (C=O) groups is 3. The summed E-state index contributed by atoms with van der Waals surface area (Å²) in [6.07, 6.45) is 5.12. The van der Waals surface area contributed by atoms with E-state index in [2.05, 4.69) is 10.1 Å². The molecule has 1 aromatic carbocycles. The highest BCUT2D eigenvalue weighted by atomic mass is 19.3. The van der Waals surface area contributed by atoms with Gasteiger partial charge in [-0.2, -0.15) is 8.78 Å². The van der Waals surface area contributed by atoms with Gasteiger partial charge in [0.15, 0.2) is 0 Å². The number of carbonyl (C=O) groups excluding carboxylic acids is 3. The van der Waals surface area contributed by atoms with Crippen LogP contribution in [0.2, 0.25) is 0 Å². The SMILES string of the molecule is O=C(CN1C(=O)CC2(CCCCC2)C1=O)NCCc1ccc(OC(F)F)cc1. The van der Waals surface area contributed by atoms with Gasteiger partial charge in [-0.25, -0.2) is 0 Å². The molecule has 1 N–H and O–H groups in total. The van der Waals surface area contributed by atoms with Crippen molar-refractivity contribution in [3.05, 3.63) is 29.8 Å². The summed E-state index contributed by atoms with van der Waals surface area (Å²) in [5, 5.41) is 2.70. The molecular formula is C20H24F2N2O4. The minimum absolute atomic E-state index is 0.0745. The molecule has 6 nitrogen and oxygen atoms in total. The molecule has 1 aromatic rings. The van der Waals surface area contributed by atoms with Crippen LogP contribution < -0.4 is 10.1 Å². The number of hydrogen-bond donors (Lipinski definition) is 1. The smallest absolute Gasteiger partial charge is 0.387 e. The lowest BCUT2D eigenvalue weighted by Gasteiger charge is -2.30. The van der Waals surface area contributed by atoms with Crippen LogP contribution in [-0.4, -0.2) is 42.3 Å². The first kappa shape index (κ1) is 20.2. The van der Waals surface area contributed by atoms with E-state index in [0.29, 0.717) is 13.0 Å². The molecule has 1 spiro atoms. The molecule has 3 amide bonds. The molecule has 28 heavy (non-hydrogen) atoms. The summed E-state index contributed by atoms with van der Waals surface area (Å²) in [5.41, 5.74) is 0.258. The van der Waals surface area contributed by atoms with Crippen LogP contribution in [0.15, 0.2) is 24.3 Å². The summed E-state index contributed by atoms with van der Waals surface area (Å²) < 4.78 is 28.5. The number of amides is 3. The van der Waals surface area contributed by atoms with Crippen molar-refractivity contribution in [2.45, 2.75) is 51.6 Å². The Morgan fingerprint density at radius 1 is 1.14 bits per heavy atom. The second-order valence-corrected chi connectivity index (χ2v) is 7.43. The zero-order valence-corrected chi connectivity index (χ0v) is 15.6. The molecule has 152 valence electrons. The predicted molar refractivity (Wildman–Crippen MR) is 96.6 cm³/mol. The molecule has 0 aromatic heterocycles. The average molecular weight is 394 g/mol. The van der Waals surface area contributed by atoms with E-state index in [0.717, 1.165) is 42.6 Å². The Morgan fingerprint density at radius 2 is 1.82 bits per heavy atom. The lowest BCUT2D eigenvalue weighted by molar-refractivity contribution is -0.145. The molecule has 1 aliphatic heterocycles. The van der Waals surface area contributed by atoms with Crippen LogP contribution in [0.3, 0.4) is 0 Å². The molecule has 0 radical (unpaired) electrons. The third-order valence-electron chi connectivity index (χ3n) is 5.49. The number of hydrogen-bond acceptors (Lipinski definition) is 4. The van der Waals surface area contributed by atoms with Gasteiger partial charge in [0.2, 0.25) is 17.7 Å². The fourth-order valence-electron chi connectivity index (χ4n) is 4.02. The van der Waals surface area contributed by atoms with Crippen LogP contribution in [-0.2, 0) is 20.8 Å². The number of nitrogens with zero attached hydrogens (tertiary/aromatic N) is 1. The maximum Gasteiger partial charge on any atom is 0.387 e. The van der Waals surface area contributed by atoms with E-state index in [1.165, 1.54) is 12.1 Å². The van der Waals surface area contributed by atoms with Crippen molar-refractivity contribution >= 4 is 17.7 Å². The fraction of sp³-hybridized carbons (Fsp3) is 0.550. The van der Waals surface area contributed by atoms with Crippen molar-refractivity contribution in [1.82, 2.24) is 10.2 Å². The van der Waals surface area contributed by atoms with Gasteiger partial charge in [0.05, 0.1) is 5.41 Å². The average Bonchev–Trinajstić information content (AvgIpc) is 2.87. The summed E-state index contributed by atoms with van der Waals surface area (Å²) >= 11 is 0. The highest BCUT2D eigenvalue weighted by molar-refractivity contribution is 6.08. The van der Waals surface area contributed by atoms with Gasteiger partial charge < -0.3 is 10.1 Å². The van der Waals surface area contributed by atoms with Crippen LogP contribution in [0.5, 0.6) is 5.75 Å². The molecular weight excluding hydrogens is 370 g/mol. The molecule has 1 heterocycles. The number of nitrogens with one attached hydrogen (secondary N) is 1. The Labute approximate surface area is 162 Å². The van der Waals surface area contributed by atoms with E-state index in [4.69, 9.17) is 0 Å². The Hall–Kier alpha value is -2.51. The number of rotatable bonds is 7. The van der Waals surface area contributed by atoms with E-state index >= 15 is 0 Å². The Balaban J connectivity index is 1.45. The monoisotopic (exact) mass is 394 g/mol. The van der Waals surface area contributed by atoms with Crippen LogP contribution in [0, 0.1) is 5.41 Å². The number of imide groups is 1. The van der Waals surface area contributed by atoms with Gasteiger partial charge in [0.1, 0.15) is 12.3 Å². The fourth-order valence-corrected chi connectivity index (χ4v) is 4.02. The zero-order valence-electron chi connectivity index (χ0n) is 15.6. The highest BCUT2D eigenvalue weighted by Crippen LogP contribution is 2.45. The third kappa shape index (κ3) is 4.66. The lowest BCUT2D eigenvalue weighted by Crippen LogP contribution is -2.43. The second-order valence-electron chi connectivity index (χ2n) is 7.43. The number of benzene rings is 1. The third-order valence-corrected chi connectivity index (χ3v) is 5.49. The van der Waals surface area contributed by atoms with Gasteiger partial charge in [0.25, 0.3) is 0 Å². The quantitative estimate of drug-likeness (QED) is 0.722. The summed E-state index contributed by atoms with van der Waals surface area (Å²) in [7, 11) is 0. The van der Waals surface area contributed by atoms with Crippen molar-refractivity contribution < 1.29 is 27.9 Å². The van der Waals surface area contributed by atoms with Crippen molar-refractivity contribution in [2.75, 3.05) is 13.1 Å². The maximum absolute atomic E-state index is 12.7. The molecule has 1 saturated heterocycles. The van der Waals surface area contributed by atoms with Crippen LogP contribution >= 0.6 is 0 Å². The first-order valence-electron chi connectivity index (χ1n) is 9.55. The number of ether oxygens (including phenoxy) is 1. The summed E-state index contributed by atoms with van der Waals surface area (Å²) in [6.45, 7) is -2.80. The second kappa shape index (κ2) is 8.67. The van der Waals surface area contributed by atoms with E-state index < -0.39 is 12.0 Å². The van der Waals surface area contributed by atoms with Gasteiger partial charge in [-0.15, -0.1) is 0 Å². The highest BCUT2D eigenvalue weighted by Gasteiger charge is 2.51. The van der Waals surface area contributed by atoms with Gasteiger partial charge >= 0.3 is 6.61 Å². The summed E-state index contributed by atoms with van der Waals surface area (Å²) in [6, 6.07) is 6.16. The number of alkyl halides is 2. The Kier molecular flexibility index (Phi) is 6.26. The standard InChI is InChI=1S/C20H24F2N2O4/c21-19(22)28-15-6-4-14(5-7-15)8-11-23-16(25)13-24-17(26)12-20(18(24)27)9-2-1-3-10-20/h4-7,19H,1-3,8-13H2,(H,23,25). The van der Waals surface area contributed by atoms with E-state index in [-0.39, 0.29) is 36.4 Å². The summed E-state index contributed by atoms with van der Waals surface area (Å²) in [4.78, 5) is 38.2. The molecule has 8 heteroatoms. The zero-order chi connectivity index (χ0) is 20.1. The van der Waals surface area contributed by atoms with Crippen LogP contribution in [0.1, 0.15) is 44.1 Å². The van der Waals surface area contributed by atoms with Crippen molar-refractivity contribution in [1.29, 1.82) is 0 Å². The van der Waals surface area contributed by atoms with E-state index in [1.807, 2.05) is 0 Å². The maximum atomic E-state index is 12.7.